The number of pyridine rings is 1. The van der Waals surface area contributed by atoms with Crippen molar-refractivity contribution in [2.45, 2.75) is 29.6 Å². The van der Waals surface area contributed by atoms with Gasteiger partial charge in [0.05, 0.1) is 11.3 Å². The normalized spacial score (nSPS) is 13.1. The van der Waals surface area contributed by atoms with Gasteiger partial charge in [0, 0.05) is 33.6 Å². The fourth-order valence-electron chi connectivity index (χ4n) is 3.95. The van der Waals surface area contributed by atoms with Crippen LogP contribution in [0.3, 0.4) is 0 Å². The van der Waals surface area contributed by atoms with Crippen LogP contribution < -0.4 is 10.2 Å². The number of rotatable bonds is 6. The van der Waals surface area contributed by atoms with Crippen LogP contribution in [0.25, 0.3) is 10.8 Å². The van der Waals surface area contributed by atoms with E-state index in [1.165, 1.54) is 0 Å². The third kappa shape index (κ3) is 4.50. The molecule has 1 aliphatic heterocycles. The SMILES string of the molecule is CCC/C=C/CN1C(=O)c2ccccc2Sc2cc(Nc3cc4ccccc4cn3)ccc21. The van der Waals surface area contributed by atoms with Crippen LogP contribution in [0.4, 0.5) is 17.2 Å². The van der Waals surface area contributed by atoms with Gasteiger partial charge in [-0.2, -0.15) is 0 Å². The largest absolute Gasteiger partial charge is 0.340 e. The molecule has 0 unspecified atom stereocenters. The van der Waals surface area contributed by atoms with Gasteiger partial charge in [0.25, 0.3) is 5.91 Å². The third-order valence-electron chi connectivity index (χ3n) is 5.65. The topological polar surface area (TPSA) is 45.2 Å². The fraction of sp³-hybridized carbons (Fsp3) is 0.143. The van der Waals surface area contributed by atoms with Gasteiger partial charge in [-0.15, -0.1) is 0 Å². The second kappa shape index (κ2) is 9.51. The number of amides is 1. The van der Waals surface area contributed by atoms with Crippen LogP contribution in [0.5, 0.6) is 0 Å². The molecule has 1 aromatic heterocycles. The summed E-state index contributed by atoms with van der Waals surface area (Å²) in [6.07, 6.45) is 8.24. The Balaban J connectivity index is 1.50. The maximum Gasteiger partial charge on any atom is 0.259 e. The molecule has 4 aromatic rings. The van der Waals surface area contributed by atoms with E-state index in [0.717, 1.165) is 56.2 Å². The second-order valence-corrected chi connectivity index (χ2v) is 9.08. The minimum absolute atomic E-state index is 0.0369. The predicted octanol–water partition coefficient (Wildman–Crippen LogP) is 7.45. The smallest absolute Gasteiger partial charge is 0.259 e. The molecule has 4 nitrogen and oxygen atoms in total. The van der Waals surface area contributed by atoms with E-state index < -0.39 is 0 Å². The zero-order valence-electron chi connectivity index (χ0n) is 18.5. The van der Waals surface area contributed by atoms with Gasteiger partial charge >= 0.3 is 0 Å². The molecule has 2 heterocycles. The van der Waals surface area contributed by atoms with E-state index in [9.17, 15) is 4.79 Å². The molecule has 0 radical (unpaired) electrons. The summed E-state index contributed by atoms with van der Waals surface area (Å²) in [7, 11) is 0. The molecule has 0 bridgehead atoms. The molecule has 1 aliphatic rings. The van der Waals surface area contributed by atoms with Crippen LogP contribution in [-0.2, 0) is 0 Å². The minimum atomic E-state index is 0.0369. The lowest BCUT2D eigenvalue weighted by Gasteiger charge is -2.22. The fourth-order valence-corrected chi connectivity index (χ4v) is 5.07. The summed E-state index contributed by atoms with van der Waals surface area (Å²) in [5, 5.41) is 5.69. The van der Waals surface area contributed by atoms with Gasteiger partial charge in [-0.3, -0.25) is 4.79 Å². The quantitative estimate of drug-likeness (QED) is 0.309. The highest BCUT2D eigenvalue weighted by Gasteiger charge is 2.26. The minimum Gasteiger partial charge on any atom is -0.340 e. The maximum atomic E-state index is 13.4. The Hall–Kier alpha value is -3.57. The number of nitrogens with zero attached hydrogens (tertiary/aromatic N) is 2. The van der Waals surface area contributed by atoms with Gasteiger partial charge in [-0.25, -0.2) is 4.98 Å². The van der Waals surface area contributed by atoms with E-state index in [1.807, 2.05) is 59.6 Å². The van der Waals surface area contributed by atoms with E-state index in [4.69, 9.17) is 0 Å². The average Bonchev–Trinajstić information content (AvgIpc) is 2.96. The number of hydrogen-bond donors (Lipinski definition) is 1. The molecule has 0 spiro atoms. The number of carbonyl (C=O) groups excluding carboxylic acids is 1. The molecule has 0 atom stereocenters. The molecule has 3 aromatic carbocycles. The molecule has 33 heavy (non-hydrogen) atoms. The molecular formula is C28H25N3OS. The third-order valence-corrected chi connectivity index (χ3v) is 6.77. The Morgan fingerprint density at radius 3 is 2.64 bits per heavy atom. The zero-order valence-corrected chi connectivity index (χ0v) is 19.3. The first-order valence-corrected chi connectivity index (χ1v) is 12.0. The van der Waals surface area contributed by atoms with Gasteiger partial charge < -0.3 is 10.2 Å². The lowest BCUT2D eigenvalue weighted by atomic mass is 10.1. The van der Waals surface area contributed by atoms with Crippen molar-refractivity contribution in [2.75, 3.05) is 16.8 Å². The number of unbranched alkanes of at least 4 members (excludes halogenated alkanes) is 1. The van der Waals surface area contributed by atoms with Crippen molar-refractivity contribution in [1.82, 2.24) is 4.98 Å². The van der Waals surface area contributed by atoms with Crippen molar-refractivity contribution in [3.05, 3.63) is 96.7 Å². The summed E-state index contributed by atoms with van der Waals surface area (Å²) in [5.41, 5.74) is 2.62. The maximum absolute atomic E-state index is 13.4. The Morgan fingerprint density at radius 1 is 0.939 bits per heavy atom. The Bertz CT molecular complexity index is 1350. The lowest BCUT2D eigenvalue weighted by molar-refractivity contribution is 0.0987. The van der Waals surface area contributed by atoms with E-state index >= 15 is 0 Å². The van der Waals surface area contributed by atoms with Gasteiger partial charge in [0.15, 0.2) is 0 Å². The second-order valence-electron chi connectivity index (χ2n) is 8.00. The van der Waals surface area contributed by atoms with Crippen LogP contribution >= 0.6 is 11.8 Å². The molecule has 1 amide bonds. The van der Waals surface area contributed by atoms with E-state index in [0.29, 0.717) is 6.54 Å². The molecule has 0 fully saturated rings. The average molecular weight is 452 g/mol. The number of anilines is 3. The van der Waals surface area contributed by atoms with Crippen LogP contribution in [0.1, 0.15) is 30.1 Å². The van der Waals surface area contributed by atoms with Crippen LogP contribution in [-0.4, -0.2) is 17.4 Å². The highest BCUT2D eigenvalue weighted by molar-refractivity contribution is 7.99. The van der Waals surface area contributed by atoms with Crippen molar-refractivity contribution < 1.29 is 4.79 Å². The number of nitrogens with one attached hydrogen (secondary N) is 1. The monoisotopic (exact) mass is 451 g/mol. The lowest BCUT2D eigenvalue weighted by Crippen LogP contribution is -2.31. The van der Waals surface area contributed by atoms with Crippen molar-refractivity contribution in [1.29, 1.82) is 0 Å². The van der Waals surface area contributed by atoms with Crippen molar-refractivity contribution in [3.63, 3.8) is 0 Å². The number of hydrogen-bond acceptors (Lipinski definition) is 4. The van der Waals surface area contributed by atoms with Gasteiger partial charge in [0.2, 0.25) is 0 Å². The van der Waals surface area contributed by atoms with E-state index in [2.05, 4.69) is 53.6 Å². The summed E-state index contributed by atoms with van der Waals surface area (Å²) in [6.45, 7) is 2.71. The Labute approximate surface area is 198 Å². The number of benzene rings is 3. The summed E-state index contributed by atoms with van der Waals surface area (Å²) in [6, 6.07) is 24.2. The predicted molar refractivity (Wildman–Crippen MR) is 138 cm³/mol. The summed E-state index contributed by atoms with van der Waals surface area (Å²) < 4.78 is 0. The molecule has 0 saturated carbocycles. The molecular weight excluding hydrogens is 426 g/mol. The standard InChI is InChI=1S/C28H25N3OS/c1-2-3-4-9-16-31-24-15-14-22(30-27-17-20-10-5-6-11-21(20)19-29-27)18-26(24)33-25-13-8-7-12-23(25)28(31)32/h4-15,17-19H,2-3,16H2,1H3,(H,29,30)/b9-4+. The van der Waals surface area contributed by atoms with Gasteiger partial charge in [-0.05, 0) is 48.2 Å². The van der Waals surface area contributed by atoms with Crippen LogP contribution in [0.2, 0.25) is 0 Å². The van der Waals surface area contributed by atoms with Crippen molar-refractivity contribution in [2.24, 2.45) is 0 Å². The van der Waals surface area contributed by atoms with Crippen LogP contribution in [0, 0.1) is 0 Å². The highest BCUT2D eigenvalue weighted by atomic mass is 32.2. The molecule has 5 rings (SSSR count). The molecule has 5 heteroatoms. The molecule has 1 N–H and O–H groups in total. The summed E-state index contributed by atoms with van der Waals surface area (Å²) >= 11 is 1.63. The number of fused-ring (bicyclic) bond motifs is 3. The first kappa shape index (κ1) is 21.3. The van der Waals surface area contributed by atoms with E-state index in [-0.39, 0.29) is 5.91 Å². The molecule has 0 saturated heterocycles. The molecule has 0 aliphatic carbocycles. The number of aromatic nitrogens is 1. The van der Waals surface area contributed by atoms with Crippen molar-refractivity contribution >= 4 is 45.6 Å². The first-order chi connectivity index (χ1) is 16.2. The van der Waals surface area contributed by atoms with Gasteiger partial charge in [-0.1, -0.05) is 73.7 Å². The van der Waals surface area contributed by atoms with Crippen molar-refractivity contribution in [3.8, 4) is 0 Å². The Morgan fingerprint density at radius 2 is 1.76 bits per heavy atom. The Kier molecular flexibility index (Phi) is 6.13. The van der Waals surface area contributed by atoms with Gasteiger partial charge in [0.1, 0.15) is 5.82 Å². The number of allylic oxidation sites excluding steroid dienone is 1. The summed E-state index contributed by atoms with van der Waals surface area (Å²) in [5.74, 6) is 0.831. The highest BCUT2D eigenvalue weighted by Crippen LogP contribution is 2.42. The zero-order chi connectivity index (χ0) is 22.6. The number of carbonyl (C=O) groups is 1. The summed E-state index contributed by atoms with van der Waals surface area (Å²) in [4.78, 5) is 21.9. The first-order valence-electron chi connectivity index (χ1n) is 11.2. The van der Waals surface area contributed by atoms with E-state index in [1.54, 1.807) is 11.8 Å². The molecule has 164 valence electrons. The van der Waals surface area contributed by atoms with Crippen LogP contribution in [0.15, 0.2) is 101 Å².